The summed E-state index contributed by atoms with van der Waals surface area (Å²) in [5.74, 6) is 0. The van der Waals surface area contributed by atoms with Gasteiger partial charge in [-0.1, -0.05) is 121 Å². The summed E-state index contributed by atoms with van der Waals surface area (Å²) in [6, 6.07) is 47.8. The van der Waals surface area contributed by atoms with Gasteiger partial charge in [-0.3, -0.25) is 0 Å². The second-order valence-corrected chi connectivity index (χ2v) is 9.68. The number of hydrogen-bond donors (Lipinski definition) is 0. The van der Waals surface area contributed by atoms with Crippen molar-refractivity contribution >= 4 is 64.2 Å². The zero-order valence-electron chi connectivity index (χ0n) is 20.8. The molecule has 1 atom stereocenters. The first-order valence-electron chi connectivity index (χ1n) is 12.7. The van der Waals surface area contributed by atoms with Crippen LogP contribution in [0.4, 0.5) is 0 Å². The van der Waals surface area contributed by atoms with E-state index >= 15 is 0 Å². The predicted octanol–water partition coefficient (Wildman–Crippen LogP) is 10.4. The van der Waals surface area contributed by atoms with Crippen LogP contribution in [0.2, 0.25) is 0 Å². The molecule has 1 heterocycles. The maximum absolute atomic E-state index is 6.50. The van der Waals surface area contributed by atoms with Crippen molar-refractivity contribution in [3.8, 4) is 22.3 Å². The van der Waals surface area contributed by atoms with E-state index in [1.54, 1.807) is 0 Å². The van der Waals surface area contributed by atoms with Crippen LogP contribution in [-0.4, -0.2) is 0 Å². The van der Waals surface area contributed by atoms with E-state index in [9.17, 15) is 0 Å². The van der Waals surface area contributed by atoms with Crippen molar-refractivity contribution in [2.45, 2.75) is 0 Å². The Bertz CT molecular complexity index is 2090. The molecule has 0 aliphatic carbocycles. The standard InChI is InChI=1S/C36H22O.H3P/c1-2-11-24-22-25(21-20-23(24)10-1)34-27-13-3-5-15-29(27)35(30-16-6-4-14-28(30)34)32-18-9-17-31-26-12-7-8-19-33(26)37-36(31)32;/h1-22H;1H3. The number of benzene rings is 7. The second-order valence-electron chi connectivity index (χ2n) is 9.68. The largest absolute Gasteiger partial charge is 0.455 e. The zero-order chi connectivity index (χ0) is 24.3. The molecule has 0 N–H and O–H groups in total. The van der Waals surface area contributed by atoms with Crippen LogP contribution >= 0.6 is 9.90 Å². The summed E-state index contributed by atoms with van der Waals surface area (Å²) in [5.41, 5.74) is 6.73. The van der Waals surface area contributed by atoms with Gasteiger partial charge < -0.3 is 4.42 Å². The maximum atomic E-state index is 6.50. The highest BCUT2D eigenvalue weighted by Gasteiger charge is 2.20. The second kappa shape index (κ2) is 8.84. The van der Waals surface area contributed by atoms with E-state index in [-0.39, 0.29) is 9.90 Å². The summed E-state index contributed by atoms with van der Waals surface area (Å²) in [4.78, 5) is 0. The fourth-order valence-electron chi connectivity index (χ4n) is 6.02. The highest BCUT2D eigenvalue weighted by atomic mass is 31.0. The number of rotatable bonds is 2. The summed E-state index contributed by atoms with van der Waals surface area (Å²) >= 11 is 0. The molecule has 7 aromatic carbocycles. The topological polar surface area (TPSA) is 13.1 Å². The summed E-state index contributed by atoms with van der Waals surface area (Å²) in [6.07, 6.45) is 0. The van der Waals surface area contributed by atoms with Crippen LogP contribution < -0.4 is 0 Å². The summed E-state index contributed by atoms with van der Waals surface area (Å²) < 4.78 is 6.50. The van der Waals surface area contributed by atoms with E-state index in [1.807, 2.05) is 6.07 Å². The average Bonchev–Trinajstić information content (AvgIpc) is 3.35. The number of hydrogen-bond acceptors (Lipinski definition) is 1. The number of fused-ring (bicyclic) bond motifs is 6. The van der Waals surface area contributed by atoms with Crippen LogP contribution in [0.25, 0.3) is 76.5 Å². The zero-order valence-corrected chi connectivity index (χ0v) is 22.2. The first-order chi connectivity index (χ1) is 18.4. The van der Waals surface area contributed by atoms with Crippen LogP contribution in [0.15, 0.2) is 138 Å². The van der Waals surface area contributed by atoms with Gasteiger partial charge in [-0.25, -0.2) is 0 Å². The molecule has 0 saturated heterocycles. The van der Waals surface area contributed by atoms with Crippen molar-refractivity contribution in [3.05, 3.63) is 133 Å². The van der Waals surface area contributed by atoms with Gasteiger partial charge in [-0.2, -0.15) is 9.90 Å². The van der Waals surface area contributed by atoms with Crippen molar-refractivity contribution in [1.29, 1.82) is 0 Å². The molecule has 8 rings (SSSR count). The summed E-state index contributed by atoms with van der Waals surface area (Å²) in [6.45, 7) is 0. The maximum Gasteiger partial charge on any atom is 0.143 e. The van der Waals surface area contributed by atoms with Crippen LogP contribution in [0.5, 0.6) is 0 Å². The molecule has 1 aromatic heterocycles. The quantitative estimate of drug-likeness (QED) is 0.169. The van der Waals surface area contributed by atoms with E-state index in [0.29, 0.717) is 0 Å². The molecule has 180 valence electrons. The van der Waals surface area contributed by atoms with Crippen molar-refractivity contribution in [2.24, 2.45) is 0 Å². The van der Waals surface area contributed by atoms with Crippen molar-refractivity contribution in [3.63, 3.8) is 0 Å². The Morgan fingerprint density at radius 3 is 1.66 bits per heavy atom. The minimum Gasteiger partial charge on any atom is -0.455 e. The van der Waals surface area contributed by atoms with Gasteiger partial charge in [0.1, 0.15) is 11.2 Å². The molecule has 0 spiro atoms. The van der Waals surface area contributed by atoms with Crippen molar-refractivity contribution in [1.82, 2.24) is 0 Å². The lowest BCUT2D eigenvalue weighted by Gasteiger charge is -2.18. The highest BCUT2D eigenvalue weighted by molar-refractivity contribution is 6.92. The van der Waals surface area contributed by atoms with Crippen molar-refractivity contribution in [2.75, 3.05) is 0 Å². The lowest BCUT2D eigenvalue weighted by Crippen LogP contribution is -1.91. The van der Waals surface area contributed by atoms with Crippen LogP contribution in [-0.2, 0) is 0 Å². The fraction of sp³-hybridized carbons (Fsp3) is 0. The molecule has 0 aliphatic rings. The molecule has 8 aromatic rings. The predicted molar refractivity (Wildman–Crippen MR) is 168 cm³/mol. The fourth-order valence-corrected chi connectivity index (χ4v) is 6.02. The number of para-hydroxylation sites is 2. The van der Waals surface area contributed by atoms with E-state index in [0.717, 1.165) is 27.5 Å². The van der Waals surface area contributed by atoms with E-state index in [1.165, 1.54) is 49.0 Å². The van der Waals surface area contributed by atoms with Gasteiger partial charge in [0, 0.05) is 21.9 Å². The Hall–Kier alpha value is -4.45. The van der Waals surface area contributed by atoms with Crippen LogP contribution in [0.1, 0.15) is 0 Å². The minimum absolute atomic E-state index is 0. The lowest BCUT2D eigenvalue weighted by molar-refractivity contribution is 0.670. The summed E-state index contributed by atoms with van der Waals surface area (Å²) in [5, 5.41) is 9.78. The van der Waals surface area contributed by atoms with Crippen LogP contribution in [0.3, 0.4) is 0 Å². The van der Waals surface area contributed by atoms with E-state index in [4.69, 9.17) is 4.42 Å². The molecule has 38 heavy (non-hydrogen) atoms. The molecule has 0 bridgehead atoms. The van der Waals surface area contributed by atoms with Crippen molar-refractivity contribution < 1.29 is 4.42 Å². The number of furan rings is 1. The highest BCUT2D eigenvalue weighted by Crippen LogP contribution is 2.46. The molecule has 0 saturated carbocycles. The third kappa shape index (κ3) is 3.29. The van der Waals surface area contributed by atoms with Gasteiger partial charge in [0.25, 0.3) is 0 Å². The molecular weight excluding hydrogens is 479 g/mol. The lowest BCUT2D eigenvalue weighted by atomic mass is 9.85. The monoisotopic (exact) mass is 504 g/mol. The van der Waals surface area contributed by atoms with Gasteiger partial charge in [0.05, 0.1) is 0 Å². The molecule has 0 radical (unpaired) electrons. The Morgan fingerprint density at radius 1 is 0.395 bits per heavy atom. The third-order valence-electron chi connectivity index (χ3n) is 7.64. The summed E-state index contributed by atoms with van der Waals surface area (Å²) in [7, 11) is 0. The Balaban J connectivity index is 0.00000242. The van der Waals surface area contributed by atoms with Gasteiger partial charge in [0.15, 0.2) is 0 Å². The molecular formula is C36H25OP. The normalized spacial score (nSPS) is 11.5. The average molecular weight is 505 g/mol. The molecule has 0 aliphatic heterocycles. The molecule has 2 heteroatoms. The molecule has 0 fully saturated rings. The first kappa shape index (κ1) is 22.7. The van der Waals surface area contributed by atoms with Crippen LogP contribution in [0, 0.1) is 0 Å². The first-order valence-corrected chi connectivity index (χ1v) is 12.7. The van der Waals surface area contributed by atoms with E-state index < -0.39 is 0 Å². The molecule has 1 nitrogen and oxygen atoms in total. The third-order valence-corrected chi connectivity index (χ3v) is 7.64. The smallest absolute Gasteiger partial charge is 0.143 e. The molecule has 0 amide bonds. The van der Waals surface area contributed by atoms with E-state index in [2.05, 4.69) is 127 Å². The van der Waals surface area contributed by atoms with Gasteiger partial charge in [0.2, 0.25) is 0 Å². The van der Waals surface area contributed by atoms with Gasteiger partial charge >= 0.3 is 0 Å². The van der Waals surface area contributed by atoms with Gasteiger partial charge in [-0.15, -0.1) is 0 Å². The molecule has 1 unspecified atom stereocenters. The Kier molecular flexibility index (Phi) is 5.28. The minimum atomic E-state index is 0. The van der Waals surface area contributed by atoms with Gasteiger partial charge in [-0.05, 0) is 55.6 Å². The Labute approximate surface area is 223 Å². The SMILES string of the molecule is P.c1ccc2cc(-c3c4ccccc4c(-c4cccc5c4oc4ccccc45)c4ccccc34)ccc2c1. The Morgan fingerprint density at radius 2 is 0.947 bits per heavy atom.